The number of carbonyl (C=O) groups excluding carboxylic acids is 1. The van der Waals surface area contributed by atoms with E-state index in [2.05, 4.69) is 24.5 Å². The molecule has 1 aromatic carbocycles. The summed E-state index contributed by atoms with van der Waals surface area (Å²) in [5, 5.41) is 7.44. The summed E-state index contributed by atoms with van der Waals surface area (Å²) in [6.45, 7) is 6.11. The fraction of sp³-hybridized carbons (Fsp3) is 0.533. The summed E-state index contributed by atoms with van der Waals surface area (Å²) in [6, 6.07) is 5.68. The number of hydrogen-bond donors (Lipinski definition) is 2. The normalized spacial score (nSPS) is 15.6. The standard InChI is InChI=1S/C15H21ClN2OS.ClH/c1-10(2)20-14-4-3-12(16)9-13(14)18-15(19)11-5-7-17-8-6-11;/h3-4,9-11,17H,5-8H2,1-2H3,(H,18,19);1H. The predicted molar refractivity (Wildman–Crippen MR) is 93.9 cm³/mol. The zero-order valence-electron chi connectivity index (χ0n) is 12.3. The Morgan fingerprint density at radius 1 is 1.38 bits per heavy atom. The van der Waals surface area contributed by atoms with Crippen LogP contribution in [-0.4, -0.2) is 24.2 Å². The highest BCUT2D eigenvalue weighted by atomic mass is 35.5. The van der Waals surface area contributed by atoms with Crippen LogP contribution in [0.25, 0.3) is 0 Å². The van der Waals surface area contributed by atoms with Crippen molar-refractivity contribution in [3.63, 3.8) is 0 Å². The number of carbonyl (C=O) groups is 1. The van der Waals surface area contributed by atoms with Crippen LogP contribution in [0, 0.1) is 5.92 Å². The first kappa shape index (κ1) is 18.6. The molecule has 6 heteroatoms. The minimum atomic E-state index is 0. The molecule has 2 rings (SSSR count). The molecular weight excluding hydrogens is 327 g/mol. The molecule has 0 bridgehead atoms. The summed E-state index contributed by atoms with van der Waals surface area (Å²) >= 11 is 7.79. The fourth-order valence-electron chi connectivity index (χ4n) is 2.28. The van der Waals surface area contributed by atoms with Crippen LogP contribution in [0.5, 0.6) is 0 Å². The van der Waals surface area contributed by atoms with Crippen LogP contribution in [0.15, 0.2) is 23.1 Å². The molecule has 0 radical (unpaired) electrons. The van der Waals surface area contributed by atoms with Crippen molar-refractivity contribution in [2.45, 2.75) is 36.8 Å². The van der Waals surface area contributed by atoms with E-state index in [1.54, 1.807) is 11.8 Å². The molecule has 3 nitrogen and oxygen atoms in total. The SMILES string of the molecule is CC(C)Sc1ccc(Cl)cc1NC(=O)C1CCNCC1.Cl. The number of nitrogens with one attached hydrogen (secondary N) is 2. The largest absolute Gasteiger partial charge is 0.325 e. The second-order valence-corrected chi connectivity index (χ2v) is 7.38. The maximum atomic E-state index is 12.3. The molecule has 1 aromatic rings. The van der Waals surface area contributed by atoms with Gasteiger partial charge in [-0.05, 0) is 44.1 Å². The maximum absolute atomic E-state index is 12.3. The monoisotopic (exact) mass is 348 g/mol. The van der Waals surface area contributed by atoms with Crippen molar-refractivity contribution in [3.8, 4) is 0 Å². The van der Waals surface area contributed by atoms with Crippen LogP contribution in [0.2, 0.25) is 5.02 Å². The lowest BCUT2D eigenvalue weighted by Gasteiger charge is -2.22. The summed E-state index contributed by atoms with van der Waals surface area (Å²) in [6.07, 6.45) is 1.80. The van der Waals surface area contributed by atoms with Gasteiger partial charge in [-0.25, -0.2) is 0 Å². The lowest BCUT2D eigenvalue weighted by atomic mass is 9.97. The molecule has 1 fully saturated rings. The van der Waals surface area contributed by atoms with E-state index < -0.39 is 0 Å². The minimum Gasteiger partial charge on any atom is -0.325 e. The highest BCUT2D eigenvalue weighted by molar-refractivity contribution is 8.00. The summed E-state index contributed by atoms with van der Waals surface area (Å²) in [5.41, 5.74) is 0.833. The molecule has 1 saturated heterocycles. The summed E-state index contributed by atoms with van der Waals surface area (Å²) < 4.78 is 0. The number of hydrogen-bond acceptors (Lipinski definition) is 3. The van der Waals surface area contributed by atoms with E-state index in [9.17, 15) is 4.79 Å². The molecule has 21 heavy (non-hydrogen) atoms. The predicted octanol–water partition coefficient (Wildman–Crippen LogP) is 4.20. The van der Waals surface area contributed by atoms with E-state index in [1.165, 1.54) is 0 Å². The Kier molecular flexibility index (Phi) is 7.88. The highest BCUT2D eigenvalue weighted by Gasteiger charge is 2.21. The first-order chi connectivity index (χ1) is 9.56. The van der Waals surface area contributed by atoms with Gasteiger partial charge in [-0.2, -0.15) is 0 Å². The number of halogens is 2. The Bertz CT molecular complexity index is 477. The van der Waals surface area contributed by atoms with Crippen molar-refractivity contribution in [1.29, 1.82) is 0 Å². The fourth-order valence-corrected chi connectivity index (χ4v) is 3.34. The van der Waals surface area contributed by atoms with Crippen molar-refractivity contribution in [1.82, 2.24) is 5.32 Å². The third-order valence-electron chi connectivity index (χ3n) is 3.27. The van der Waals surface area contributed by atoms with Crippen LogP contribution in [-0.2, 0) is 4.79 Å². The van der Waals surface area contributed by atoms with Crippen molar-refractivity contribution in [2.75, 3.05) is 18.4 Å². The lowest BCUT2D eigenvalue weighted by Crippen LogP contribution is -2.34. The van der Waals surface area contributed by atoms with Gasteiger partial charge in [0.25, 0.3) is 0 Å². The van der Waals surface area contributed by atoms with Gasteiger partial charge in [0.15, 0.2) is 0 Å². The molecule has 1 heterocycles. The van der Waals surface area contributed by atoms with E-state index >= 15 is 0 Å². The van der Waals surface area contributed by atoms with Crippen molar-refractivity contribution >= 4 is 47.4 Å². The Balaban J connectivity index is 0.00000220. The smallest absolute Gasteiger partial charge is 0.227 e. The number of amides is 1. The second-order valence-electron chi connectivity index (χ2n) is 5.32. The molecule has 0 aromatic heterocycles. The molecule has 0 unspecified atom stereocenters. The third-order valence-corrected chi connectivity index (χ3v) is 4.59. The number of benzene rings is 1. The van der Waals surface area contributed by atoms with Crippen LogP contribution >= 0.6 is 35.8 Å². The molecule has 118 valence electrons. The average Bonchev–Trinajstić information content (AvgIpc) is 2.42. The second kappa shape index (κ2) is 8.89. The topological polar surface area (TPSA) is 41.1 Å². The van der Waals surface area contributed by atoms with Gasteiger partial charge < -0.3 is 10.6 Å². The zero-order chi connectivity index (χ0) is 14.5. The molecular formula is C15H22Cl2N2OS. The molecule has 1 aliphatic heterocycles. The summed E-state index contributed by atoms with van der Waals surface area (Å²) in [4.78, 5) is 13.4. The molecule has 0 atom stereocenters. The first-order valence-corrected chi connectivity index (χ1v) is 8.30. The van der Waals surface area contributed by atoms with Gasteiger partial charge in [0.05, 0.1) is 5.69 Å². The average molecular weight is 349 g/mol. The van der Waals surface area contributed by atoms with Gasteiger partial charge in [0.1, 0.15) is 0 Å². The van der Waals surface area contributed by atoms with E-state index in [0.717, 1.165) is 36.5 Å². The van der Waals surface area contributed by atoms with Gasteiger partial charge in [-0.1, -0.05) is 25.4 Å². The Morgan fingerprint density at radius 3 is 2.67 bits per heavy atom. The van der Waals surface area contributed by atoms with Crippen LogP contribution in [0.1, 0.15) is 26.7 Å². The van der Waals surface area contributed by atoms with E-state index in [4.69, 9.17) is 11.6 Å². The zero-order valence-corrected chi connectivity index (χ0v) is 14.7. The Hall–Kier alpha value is -0.420. The van der Waals surface area contributed by atoms with E-state index in [1.807, 2.05) is 18.2 Å². The maximum Gasteiger partial charge on any atom is 0.227 e. The van der Waals surface area contributed by atoms with Crippen LogP contribution in [0.4, 0.5) is 5.69 Å². The summed E-state index contributed by atoms with van der Waals surface area (Å²) in [7, 11) is 0. The molecule has 0 spiro atoms. The van der Waals surface area contributed by atoms with Crippen LogP contribution < -0.4 is 10.6 Å². The molecule has 1 amide bonds. The lowest BCUT2D eigenvalue weighted by molar-refractivity contribution is -0.120. The van der Waals surface area contributed by atoms with Gasteiger partial charge in [-0.15, -0.1) is 24.2 Å². The highest BCUT2D eigenvalue weighted by Crippen LogP contribution is 2.33. The Labute approximate surface area is 142 Å². The number of anilines is 1. The van der Waals surface area contributed by atoms with Gasteiger partial charge >= 0.3 is 0 Å². The quantitative estimate of drug-likeness (QED) is 0.801. The Morgan fingerprint density at radius 2 is 2.05 bits per heavy atom. The van der Waals surface area contributed by atoms with Crippen molar-refractivity contribution < 1.29 is 4.79 Å². The van der Waals surface area contributed by atoms with Crippen LogP contribution in [0.3, 0.4) is 0 Å². The number of thioether (sulfide) groups is 1. The number of rotatable bonds is 4. The van der Waals surface area contributed by atoms with Crippen molar-refractivity contribution in [3.05, 3.63) is 23.2 Å². The molecule has 0 aliphatic carbocycles. The van der Waals surface area contributed by atoms with E-state index in [-0.39, 0.29) is 24.2 Å². The van der Waals surface area contributed by atoms with Gasteiger partial charge in [0.2, 0.25) is 5.91 Å². The molecule has 1 aliphatic rings. The van der Waals surface area contributed by atoms with Crippen molar-refractivity contribution in [2.24, 2.45) is 5.92 Å². The number of piperidine rings is 1. The molecule has 2 N–H and O–H groups in total. The third kappa shape index (κ3) is 5.70. The van der Waals surface area contributed by atoms with Gasteiger partial charge in [-0.3, -0.25) is 4.79 Å². The van der Waals surface area contributed by atoms with Gasteiger partial charge in [0, 0.05) is 21.1 Å². The van der Waals surface area contributed by atoms with E-state index in [0.29, 0.717) is 10.3 Å². The molecule has 0 saturated carbocycles. The first-order valence-electron chi connectivity index (χ1n) is 7.04. The summed E-state index contributed by atoms with van der Waals surface area (Å²) in [5.74, 6) is 0.214. The minimum absolute atomic E-state index is 0.